The van der Waals surface area contributed by atoms with Gasteiger partial charge in [0.2, 0.25) is 0 Å². The van der Waals surface area contributed by atoms with Crippen molar-refractivity contribution in [1.29, 1.82) is 0 Å². The predicted octanol–water partition coefficient (Wildman–Crippen LogP) is 4.24. The van der Waals surface area contributed by atoms with Gasteiger partial charge < -0.3 is 20.3 Å². The molecular formula is C25H37IN4O. The summed E-state index contributed by atoms with van der Waals surface area (Å²) in [7, 11) is 1.72. The van der Waals surface area contributed by atoms with Gasteiger partial charge in [-0.2, -0.15) is 0 Å². The van der Waals surface area contributed by atoms with Crippen LogP contribution in [-0.4, -0.2) is 50.7 Å². The summed E-state index contributed by atoms with van der Waals surface area (Å²) in [6.45, 7) is 10.1. The monoisotopic (exact) mass is 536 g/mol. The Kier molecular flexibility index (Phi) is 11.2. The van der Waals surface area contributed by atoms with Crippen LogP contribution in [0, 0.1) is 12.8 Å². The first kappa shape index (κ1) is 25.5. The first-order chi connectivity index (χ1) is 14.7. The highest BCUT2D eigenvalue weighted by Crippen LogP contribution is 2.20. The van der Waals surface area contributed by atoms with Gasteiger partial charge in [0.05, 0.1) is 13.7 Å². The Hall–Kier alpha value is -1.80. The van der Waals surface area contributed by atoms with Crippen LogP contribution in [0.2, 0.25) is 0 Å². The van der Waals surface area contributed by atoms with Crippen molar-refractivity contribution in [3.8, 4) is 5.75 Å². The van der Waals surface area contributed by atoms with E-state index < -0.39 is 0 Å². The third-order valence-electron chi connectivity index (χ3n) is 5.68. The Bertz CT molecular complexity index is 812. The van der Waals surface area contributed by atoms with Crippen LogP contribution in [0.3, 0.4) is 0 Å². The molecule has 170 valence electrons. The lowest BCUT2D eigenvalue weighted by Gasteiger charge is -2.17. The van der Waals surface area contributed by atoms with Crippen LogP contribution >= 0.6 is 24.0 Å². The Labute approximate surface area is 204 Å². The van der Waals surface area contributed by atoms with Crippen molar-refractivity contribution in [2.75, 3.05) is 39.8 Å². The maximum atomic E-state index is 5.51. The molecule has 3 rings (SSSR count). The predicted molar refractivity (Wildman–Crippen MR) is 141 cm³/mol. The van der Waals surface area contributed by atoms with Crippen molar-refractivity contribution in [2.45, 2.75) is 33.2 Å². The quantitative estimate of drug-likeness (QED) is 0.286. The topological polar surface area (TPSA) is 48.9 Å². The molecule has 2 aromatic carbocycles. The van der Waals surface area contributed by atoms with Crippen LogP contribution in [0.25, 0.3) is 0 Å². The SMILES string of the molecule is CCNC(=NCc1ccc(C)cc1OC)NCC1CCN(CCc2ccccc2)C1.I. The highest BCUT2D eigenvalue weighted by Gasteiger charge is 2.22. The molecule has 1 saturated heterocycles. The Balaban J connectivity index is 0.00000341. The molecule has 0 saturated carbocycles. The molecule has 1 heterocycles. The summed E-state index contributed by atoms with van der Waals surface area (Å²) in [4.78, 5) is 7.36. The number of nitrogens with zero attached hydrogens (tertiary/aromatic N) is 2. The number of methoxy groups -OCH3 is 1. The second kappa shape index (κ2) is 13.6. The zero-order valence-corrected chi connectivity index (χ0v) is 21.4. The molecule has 1 aliphatic rings. The van der Waals surface area contributed by atoms with E-state index in [1.807, 2.05) is 0 Å². The van der Waals surface area contributed by atoms with Gasteiger partial charge in [0.25, 0.3) is 0 Å². The molecule has 31 heavy (non-hydrogen) atoms. The fourth-order valence-electron chi connectivity index (χ4n) is 3.94. The number of likely N-dealkylation sites (tertiary alicyclic amines) is 1. The van der Waals surface area contributed by atoms with Crippen LogP contribution < -0.4 is 15.4 Å². The van der Waals surface area contributed by atoms with E-state index in [1.54, 1.807) is 7.11 Å². The first-order valence-corrected chi connectivity index (χ1v) is 11.1. The highest BCUT2D eigenvalue weighted by atomic mass is 127. The minimum Gasteiger partial charge on any atom is -0.496 e. The molecule has 1 fully saturated rings. The summed E-state index contributed by atoms with van der Waals surface area (Å²) in [5.41, 5.74) is 3.73. The van der Waals surface area contributed by atoms with E-state index in [0.717, 1.165) is 49.9 Å². The summed E-state index contributed by atoms with van der Waals surface area (Å²) < 4.78 is 5.51. The van der Waals surface area contributed by atoms with Gasteiger partial charge in [0.15, 0.2) is 5.96 Å². The van der Waals surface area contributed by atoms with Crippen LogP contribution in [0.5, 0.6) is 5.75 Å². The van der Waals surface area contributed by atoms with Crippen LogP contribution in [-0.2, 0) is 13.0 Å². The highest BCUT2D eigenvalue weighted by molar-refractivity contribution is 14.0. The van der Waals surface area contributed by atoms with Crippen molar-refractivity contribution >= 4 is 29.9 Å². The van der Waals surface area contributed by atoms with Crippen molar-refractivity contribution in [1.82, 2.24) is 15.5 Å². The molecule has 2 N–H and O–H groups in total. The van der Waals surface area contributed by atoms with E-state index >= 15 is 0 Å². The van der Waals surface area contributed by atoms with Crippen molar-refractivity contribution < 1.29 is 4.74 Å². The molecule has 0 spiro atoms. The standard InChI is InChI=1S/C25H36N4O.HI/c1-4-26-25(28-18-23-11-10-20(2)16-24(23)30-3)27-17-22-13-15-29(19-22)14-12-21-8-6-5-7-9-21;/h5-11,16,22H,4,12-15,17-19H2,1-3H3,(H2,26,27,28);1H. The first-order valence-electron chi connectivity index (χ1n) is 11.1. The second-order valence-corrected chi connectivity index (χ2v) is 8.08. The molecule has 1 atom stereocenters. The number of ether oxygens (including phenoxy) is 1. The van der Waals surface area contributed by atoms with Crippen molar-refractivity contribution in [2.24, 2.45) is 10.9 Å². The third kappa shape index (κ3) is 8.33. The number of aryl methyl sites for hydroxylation is 1. The summed E-state index contributed by atoms with van der Waals surface area (Å²) in [5.74, 6) is 2.45. The molecule has 5 nitrogen and oxygen atoms in total. The minimum absolute atomic E-state index is 0. The molecule has 1 aliphatic heterocycles. The normalized spacial score (nSPS) is 16.6. The molecule has 0 bridgehead atoms. The van der Waals surface area contributed by atoms with Crippen LogP contribution in [0.4, 0.5) is 0 Å². The largest absolute Gasteiger partial charge is 0.496 e. The number of hydrogen-bond donors (Lipinski definition) is 2. The number of rotatable bonds is 9. The number of nitrogens with one attached hydrogen (secondary N) is 2. The fourth-order valence-corrected chi connectivity index (χ4v) is 3.94. The van der Waals surface area contributed by atoms with Gasteiger partial charge in [0, 0.05) is 31.7 Å². The Morgan fingerprint density at radius 3 is 2.71 bits per heavy atom. The summed E-state index contributed by atoms with van der Waals surface area (Å²) >= 11 is 0. The average Bonchev–Trinajstić information content (AvgIpc) is 3.23. The molecule has 6 heteroatoms. The fraction of sp³-hybridized carbons (Fsp3) is 0.480. The summed E-state index contributed by atoms with van der Waals surface area (Å²) in [6.07, 6.45) is 2.37. The van der Waals surface area contributed by atoms with E-state index in [2.05, 4.69) is 77.9 Å². The van der Waals surface area contributed by atoms with Crippen LogP contribution in [0.15, 0.2) is 53.5 Å². The van der Waals surface area contributed by atoms with Crippen molar-refractivity contribution in [3.05, 3.63) is 65.2 Å². The van der Waals surface area contributed by atoms with Gasteiger partial charge in [-0.3, -0.25) is 0 Å². The Morgan fingerprint density at radius 1 is 1.16 bits per heavy atom. The lowest BCUT2D eigenvalue weighted by molar-refractivity contribution is 0.328. The second-order valence-electron chi connectivity index (χ2n) is 8.08. The molecule has 0 radical (unpaired) electrons. The number of benzene rings is 2. The number of aliphatic imine (C=N–C) groups is 1. The number of halogens is 1. The van der Waals surface area contributed by atoms with Gasteiger partial charge in [-0.1, -0.05) is 42.5 Å². The van der Waals surface area contributed by atoms with Crippen molar-refractivity contribution in [3.63, 3.8) is 0 Å². The average molecular weight is 537 g/mol. The van der Waals surface area contributed by atoms with Gasteiger partial charge in [0.1, 0.15) is 5.75 Å². The molecule has 0 aliphatic carbocycles. The van der Waals surface area contributed by atoms with E-state index in [1.165, 1.54) is 24.1 Å². The Morgan fingerprint density at radius 2 is 1.97 bits per heavy atom. The van der Waals surface area contributed by atoms with E-state index in [0.29, 0.717) is 12.5 Å². The number of guanidine groups is 1. The minimum atomic E-state index is 0. The van der Waals surface area contributed by atoms with Gasteiger partial charge in [-0.05, 0) is 56.3 Å². The maximum Gasteiger partial charge on any atom is 0.191 e. The zero-order valence-electron chi connectivity index (χ0n) is 19.1. The molecule has 0 aromatic heterocycles. The van der Waals surface area contributed by atoms with E-state index in [-0.39, 0.29) is 24.0 Å². The maximum absolute atomic E-state index is 5.51. The number of hydrogen-bond acceptors (Lipinski definition) is 3. The molecular weight excluding hydrogens is 499 g/mol. The van der Waals surface area contributed by atoms with Gasteiger partial charge >= 0.3 is 0 Å². The molecule has 2 aromatic rings. The zero-order chi connectivity index (χ0) is 21.2. The van der Waals surface area contributed by atoms with Gasteiger partial charge in [-0.25, -0.2) is 4.99 Å². The molecule has 0 amide bonds. The lowest BCUT2D eigenvalue weighted by atomic mass is 10.1. The van der Waals surface area contributed by atoms with E-state index in [4.69, 9.17) is 9.73 Å². The lowest BCUT2D eigenvalue weighted by Crippen LogP contribution is -2.40. The summed E-state index contributed by atoms with van der Waals surface area (Å²) in [6, 6.07) is 17.0. The third-order valence-corrected chi connectivity index (χ3v) is 5.68. The van der Waals surface area contributed by atoms with E-state index in [9.17, 15) is 0 Å². The summed E-state index contributed by atoms with van der Waals surface area (Å²) in [5, 5.41) is 6.92. The van der Waals surface area contributed by atoms with Crippen LogP contribution in [0.1, 0.15) is 30.0 Å². The molecule has 1 unspecified atom stereocenters. The van der Waals surface area contributed by atoms with Gasteiger partial charge in [-0.15, -0.1) is 24.0 Å². The smallest absolute Gasteiger partial charge is 0.191 e.